The van der Waals surface area contributed by atoms with E-state index < -0.39 is 11.6 Å². The molecule has 1 nitrogen and oxygen atoms in total. The summed E-state index contributed by atoms with van der Waals surface area (Å²) < 4.78 is 25.9. The Labute approximate surface area is 83.1 Å². The second kappa shape index (κ2) is 4.05. The maximum Gasteiger partial charge on any atom is 0.129 e. The van der Waals surface area contributed by atoms with Crippen molar-refractivity contribution in [2.75, 3.05) is 7.05 Å². The van der Waals surface area contributed by atoms with Gasteiger partial charge in [0.05, 0.1) is 0 Å². The van der Waals surface area contributed by atoms with Gasteiger partial charge in [-0.25, -0.2) is 8.78 Å². The van der Waals surface area contributed by atoms with Crippen LogP contribution < -0.4 is 5.32 Å². The molecule has 0 bridgehead atoms. The summed E-state index contributed by atoms with van der Waals surface area (Å²) in [4.78, 5) is 0. The van der Waals surface area contributed by atoms with Crippen molar-refractivity contribution in [1.29, 1.82) is 0 Å². The fourth-order valence-electron chi connectivity index (χ4n) is 1.23. The highest BCUT2D eigenvalue weighted by Crippen LogP contribution is 2.16. The van der Waals surface area contributed by atoms with Crippen LogP contribution in [-0.2, 0) is 6.42 Å². The number of hydrogen-bond donors (Lipinski definition) is 1. The van der Waals surface area contributed by atoms with Gasteiger partial charge in [-0.1, -0.05) is 6.07 Å². The topological polar surface area (TPSA) is 12.0 Å². The van der Waals surface area contributed by atoms with Gasteiger partial charge in [0.2, 0.25) is 0 Å². The van der Waals surface area contributed by atoms with Crippen molar-refractivity contribution in [3.63, 3.8) is 0 Å². The van der Waals surface area contributed by atoms with Crippen LogP contribution in [0, 0.1) is 11.6 Å². The molecule has 0 saturated carbocycles. The summed E-state index contributed by atoms with van der Waals surface area (Å²) in [6.07, 6.45) is 0.537. The smallest absolute Gasteiger partial charge is 0.129 e. The van der Waals surface area contributed by atoms with Gasteiger partial charge in [0, 0.05) is 11.6 Å². The van der Waals surface area contributed by atoms with E-state index in [0.29, 0.717) is 12.0 Å². The predicted octanol–water partition coefficient (Wildman–Crippen LogP) is 2.51. The molecule has 78 valence electrons. The minimum Gasteiger partial charge on any atom is -0.314 e. The van der Waals surface area contributed by atoms with E-state index in [-0.39, 0.29) is 5.54 Å². The molecule has 0 atom stereocenters. The fraction of sp³-hybridized carbons (Fsp3) is 0.455. The fourth-order valence-corrected chi connectivity index (χ4v) is 1.23. The zero-order valence-corrected chi connectivity index (χ0v) is 8.70. The lowest BCUT2D eigenvalue weighted by Crippen LogP contribution is -2.38. The first-order chi connectivity index (χ1) is 6.44. The summed E-state index contributed by atoms with van der Waals surface area (Å²) in [5, 5.41) is 3.07. The highest BCUT2D eigenvalue weighted by Gasteiger charge is 2.17. The van der Waals surface area contributed by atoms with Crippen LogP contribution in [0.5, 0.6) is 0 Å². The van der Waals surface area contributed by atoms with Gasteiger partial charge >= 0.3 is 0 Å². The van der Waals surface area contributed by atoms with Crippen LogP contribution in [0.2, 0.25) is 0 Å². The van der Waals surface area contributed by atoms with E-state index in [1.165, 1.54) is 12.1 Å². The SMILES string of the molecule is CNC(C)(C)Cc1ccc(F)cc1F. The average molecular weight is 199 g/mol. The van der Waals surface area contributed by atoms with Gasteiger partial charge in [-0.05, 0) is 38.9 Å². The summed E-state index contributed by atoms with van der Waals surface area (Å²) in [5.41, 5.74) is 0.351. The lowest BCUT2D eigenvalue weighted by Gasteiger charge is -2.24. The minimum absolute atomic E-state index is 0.182. The quantitative estimate of drug-likeness (QED) is 0.788. The molecule has 0 aliphatic rings. The second-order valence-corrected chi connectivity index (χ2v) is 4.05. The highest BCUT2D eigenvalue weighted by atomic mass is 19.1. The van der Waals surface area contributed by atoms with Crippen LogP contribution in [0.1, 0.15) is 19.4 Å². The molecule has 1 aromatic carbocycles. The molecule has 0 amide bonds. The molecule has 0 aliphatic carbocycles. The molecule has 0 unspecified atom stereocenters. The molecule has 0 saturated heterocycles. The van der Waals surface area contributed by atoms with Crippen LogP contribution in [0.15, 0.2) is 18.2 Å². The van der Waals surface area contributed by atoms with Gasteiger partial charge in [0.15, 0.2) is 0 Å². The number of benzene rings is 1. The Kier molecular flexibility index (Phi) is 3.21. The third-order valence-corrected chi connectivity index (χ3v) is 2.32. The normalized spacial score (nSPS) is 11.8. The molecule has 1 N–H and O–H groups in total. The Morgan fingerprint density at radius 3 is 2.43 bits per heavy atom. The molecule has 0 aromatic heterocycles. The van der Waals surface area contributed by atoms with Gasteiger partial charge in [0.25, 0.3) is 0 Å². The molecule has 0 heterocycles. The van der Waals surface area contributed by atoms with Gasteiger partial charge < -0.3 is 5.32 Å². The van der Waals surface area contributed by atoms with Crippen LogP contribution in [0.4, 0.5) is 8.78 Å². The molecule has 0 radical (unpaired) electrons. The molecular weight excluding hydrogens is 184 g/mol. The van der Waals surface area contributed by atoms with Gasteiger partial charge in [-0.2, -0.15) is 0 Å². The zero-order valence-electron chi connectivity index (χ0n) is 8.70. The predicted molar refractivity (Wildman–Crippen MR) is 53.2 cm³/mol. The number of hydrogen-bond acceptors (Lipinski definition) is 1. The minimum atomic E-state index is -0.534. The van der Waals surface area contributed by atoms with Gasteiger partial charge in [0.1, 0.15) is 11.6 Å². The number of halogens is 2. The summed E-state index contributed by atoms with van der Waals surface area (Å²) >= 11 is 0. The maximum absolute atomic E-state index is 13.2. The first-order valence-corrected chi connectivity index (χ1v) is 4.57. The largest absolute Gasteiger partial charge is 0.314 e. The van der Waals surface area contributed by atoms with Crippen LogP contribution in [-0.4, -0.2) is 12.6 Å². The molecule has 0 spiro atoms. The zero-order chi connectivity index (χ0) is 10.8. The molecule has 0 aliphatic heterocycles. The van der Waals surface area contributed by atoms with E-state index in [4.69, 9.17) is 0 Å². The standard InChI is InChI=1S/C11H15F2N/c1-11(2,14-3)7-8-4-5-9(12)6-10(8)13/h4-6,14H,7H2,1-3H3. The average Bonchev–Trinajstić information content (AvgIpc) is 2.10. The molecular formula is C11H15F2N. The Morgan fingerprint density at radius 1 is 1.29 bits per heavy atom. The van der Waals surface area contributed by atoms with Crippen molar-refractivity contribution >= 4 is 0 Å². The summed E-state index contributed by atoms with van der Waals surface area (Å²) in [6, 6.07) is 3.69. The first kappa shape index (κ1) is 11.1. The van der Waals surface area contributed by atoms with Crippen LogP contribution in [0.25, 0.3) is 0 Å². The van der Waals surface area contributed by atoms with E-state index in [2.05, 4.69) is 5.32 Å². The molecule has 0 fully saturated rings. The number of rotatable bonds is 3. The maximum atomic E-state index is 13.2. The van der Waals surface area contributed by atoms with Crippen molar-refractivity contribution in [3.05, 3.63) is 35.4 Å². The Bertz CT molecular complexity index is 321. The van der Waals surface area contributed by atoms with E-state index in [0.717, 1.165) is 6.07 Å². The lowest BCUT2D eigenvalue weighted by atomic mass is 9.95. The van der Waals surface area contributed by atoms with Gasteiger partial charge in [-0.15, -0.1) is 0 Å². The molecule has 1 rings (SSSR count). The third kappa shape index (κ3) is 2.77. The lowest BCUT2D eigenvalue weighted by molar-refractivity contribution is 0.413. The summed E-state index contributed by atoms with van der Waals surface area (Å²) in [6.45, 7) is 3.94. The van der Waals surface area contributed by atoms with E-state index in [9.17, 15) is 8.78 Å². The molecule has 3 heteroatoms. The molecule has 14 heavy (non-hydrogen) atoms. The van der Waals surface area contributed by atoms with Crippen LogP contribution in [0.3, 0.4) is 0 Å². The summed E-state index contributed by atoms with van der Waals surface area (Å²) in [5.74, 6) is -1.01. The summed E-state index contributed by atoms with van der Waals surface area (Å²) in [7, 11) is 1.82. The Hall–Kier alpha value is -0.960. The monoisotopic (exact) mass is 199 g/mol. The second-order valence-electron chi connectivity index (χ2n) is 4.05. The van der Waals surface area contributed by atoms with Crippen molar-refractivity contribution in [2.45, 2.75) is 25.8 Å². The Balaban J connectivity index is 2.87. The highest BCUT2D eigenvalue weighted by molar-refractivity contribution is 5.20. The first-order valence-electron chi connectivity index (χ1n) is 4.57. The van der Waals surface area contributed by atoms with Gasteiger partial charge in [-0.3, -0.25) is 0 Å². The number of nitrogens with one attached hydrogen (secondary N) is 1. The van der Waals surface area contributed by atoms with Crippen molar-refractivity contribution in [1.82, 2.24) is 5.32 Å². The Morgan fingerprint density at radius 2 is 1.93 bits per heavy atom. The van der Waals surface area contributed by atoms with E-state index in [1.54, 1.807) is 0 Å². The van der Waals surface area contributed by atoms with Crippen molar-refractivity contribution < 1.29 is 8.78 Å². The van der Waals surface area contributed by atoms with Crippen molar-refractivity contribution in [2.24, 2.45) is 0 Å². The van der Waals surface area contributed by atoms with E-state index >= 15 is 0 Å². The van der Waals surface area contributed by atoms with Crippen LogP contribution >= 0.6 is 0 Å². The third-order valence-electron chi connectivity index (χ3n) is 2.32. The molecule has 1 aromatic rings. The van der Waals surface area contributed by atoms with E-state index in [1.807, 2.05) is 20.9 Å². The number of likely N-dealkylation sites (N-methyl/N-ethyl adjacent to an activating group) is 1. The van der Waals surface area contributed by atoms with Crippen molar-refractivity contribution in [3.8, 4) is 0 Å².